The molecule has 1 aliphatic rings. The maximum absolute atomic E-state index is 3.68. The summed E-state index contributed by atoms with van der Waals surface area (Å²) >= 11 is 1.81. The highest BCUT2D eigenvalue weighted by atomic mass is 32.1. The van der Waals surface area contributed by atoms with Crippen LogP contribution >= 0.6 is 11.3 Å². The largest absolute Gasteiger partial charge is 0.311 e. The van der Waals surface area contributed by atoms with Crippen LogP contribution in [0, 0.1) is 0 Å². The Hall–Kier alpha value is -0.380. The van der Waals surface area contributed by atoms with E-state index in [2.05, 4.69) is 47.8 Å². The Labute approximate surface area is 122 Å². The monoisotopic (exact) mass is 280 g/mol. The number of thiophene rings is 1. The van der Waals surface area contributed by atoms with Gasteiger partial charge in [0, 0.05) is 24.7 Å². The first-order valence-electron chi connectivity index (χ1n) is 7.55. The second kappa shape index (κ2) is 6.87. The molecule has 0 spiro atoms. The third-order valence-electron chi connectivity index (χ3n) is 3.88. The minimum absolute atomic E-state index is 0.233. The fraction of sp³-hybridized carbons (Fsp3) is 0.750. The lowest BCUT2D eigenvalue weighted by atomic mass is 10.00. The highest BCUT2D eigenvalue weighted by molar-refractivity contribution is 7.07. The topological polar surface area (TPSA) is 15.3 Å². The summed E-state index contributed by atoms with van der Waals surface area (Å²) < 4.78 is 0. The van der Waals surface area contributed by atoms with E-state index in [0.29, 0.717) is 0 Å². The molecule has 1 unspecified atom stereocenters. The summed E-state index contributed by atoms with van der Waals surface area (Å²) in [5.41, 5.74) is 1.73. The van der Waals surface area contributed by atoms with Gasteiger partial charge in [-0.15, -0.1) is 0 Å². The number of nitrogens with one attached hydrogen (secondary N) is 1. The van der Waals surface area contributed by atoms with Crippen molar-refractivity contribution in [3.05, 3.63) is 22.4 Å². The summed E-state index contributed by atoms with van der Waals surface area (Å²) in [5.74, 6) is 0. The van der Waals surface area contributed by atoms with Gasteiger partial charge in [-0.1, -0.05) is 6.42 Å². The van der Waals surface area contributed by atoms with Gasteiger partial charge >= 0.3 is 0 Å². The van der Waals surface area contributed by atoms with Crippen molar-refractivity contribution in [1.29, 1.82) is 0 Å². The SMILES string of the molecule is CC(C)(C)NCC1CCCCN1CCc1ccsc1. The maximum atomic E-state index is 3.68. The van der Waals surface area contributed by atoms with E-state index in [9.17, 15) is 0 Å². The Bertz CT molecular complexity index is 353. The average molecular weight is 280 g/mol. The van der Waals surface area contributed by atoms with Crippen molar-refractivity contribution in [2.24, 2.45) is 0 Å². The molecule has 108 valence electrons. The molecule has 0 amide bonds. The van der Waals surface area contributed by atoms with Crippen LogP contribution in [0.15, 0.2) is 16.8 Å². The van der Waals surface area contributed by atoms with Gasteiger partial charge < -0.3 is 5.32 Å². The normalized spacial score (nSPS) is 21.7. The fourth-order valence-electron chi connectivity index (χ4n) is 2.72. The molecule has 0 radical (unpaired) electrons. The van der Waals surface area contributed by atoms with Gasteiger partial charge in [-0.2, -0.15) is 11.3 Å². The molecule has 19 heavy (non-hydrogen) atoms. The molecule has 2 heterocycles. The van der Waals surface area contributed by atoms with Gasteiger partial charge in [-0.05, 0) is 69.0 Å². The summed E-state index contributed by atoms with van der Waals surface area (Å²) in [5, 5.41) is 8.14. The molecule has 2 nitrogen and oxygen atoms in total. The van der Waals surface area contributed by atoms with E-state index in [1.54, 1.807) is 0 Å². The van der Waals surface area contributed by atoms with Crippen molar-refractivity contribution < 1.29 is 0 Å². The molecule has 1 saturated heterocycles. The highest BCUT2D eigenvalue weighted by Crippen LogP contribution is 2.18. The molecule has 0 aliphatic carbocycles. The van der Waals surface area contributed by atoms with E-state index in [1.165, 1.54) is 44.3 Å². The molecular weight excluding hydrogens is 252 g/mol. The van der Waals surface area contributed by atoms with Crippen LogP contribution in [-0.2, 0) is 6.42 Å². The standard InChI is InChI=1S/C16H28N2S/c1-16(2,3)17-12-15-6-4-5-9-18(15)10-7-14-8-11-19-13-14/h8,11,13,15,17H,4-7,9-10,12H2,1-3H3. The number of nitrogens with zero attached hydrogens (tertiary/aromatic N) is 1. The van der Waals surface area contributed by atoms with Gasteiger partial charge in [0.15, 0.2) is 0 Å². The molecule has 0 saturated carbocycles. The summed E-state index contributed by atoms with van der Waals surface area (Å²) in [7, 11) is 0. The highest BCUT2D eigenvalue weighted by Gasteiger charge is 2.23. The Kier molecular flexibility index (Phi) is 5.43. The number of hydrogen-bond acceptors (Lipinski definition) is 3. The molecular formula is C16H28N2S. The van der Waals surface area contributed by atoms with Crippen LogP contribution in [0.3, 0.4) is 0 Å². The van der Waals surface area contributed by atoms with E-state index < -0.39 is 0 Å². The summed E-state index contributed by atoms with van der Waals surface area (Å²) in [6.45, 7) is 10.4. The van der Waals surface area contributed by atoms with Crippen LogP contribution < -0.4 is 5.32 Å². The van der Waals surface area contributed by atoms with Crippen molar-refractivity contribution in [1.82, 2.24) is 10.2 Å². The molecule has 1 atom stereocenters. The van der Waals surface area contributed by atoms with Crippen molar-refractivity contribution >= 4 is 11.3 Å². The predicted octanol–water partition coefficient (Wildman–Crippen LogP) is 3.53. The second-order valence-electron chi connectivity index (χ2n) is 6.70. The van der Waals surface area contributed by atoms with Crippen molar-refractivity contribution in [3.63, 3.8) is 0 Å². The number of likely N-dealkylation sites (tertiary alicyclic amines) is 1. The van der Waals surface area contributed by atoms with E-state index in [-0.39, 0.29) is 5.54 Å². The van der Waals surface area contributed by atoms with Crippen LogP contribution in [0.5, 0.6) is 0 Å². The van der Waals surface area contributed by atoms with E-state index >= 15 is 0 Å². The van der Waals surface area contributed by atoms with E-state index in [1.807, 2.05) is 11.3 Å². The van der Waals surface area contributed by atoms with Gasteiger partial charge in [-0.25, -0.2) is 0 Å². The summed E-state index contributed by atoms with van der Waals surface area (Å²) in [6, 6.07) is 2.99. The maximum Gasteiger partial charge on any atom is 0.0220 e. The Morgan fingerprint density at radius 3 is 2.89 bits per heavy atom. The molecule has 0 aromatic carbocycles. The molecule has 2 rings (SSSR count). The number of hydrogen-bond donors (Lipinski definition) is 1. The second-order valence-corrected chi connectivity index (χ2v) is 7.48. The third-order valence-corrected chi connectivity index (χ3v) is 4.62. The van der Waals surface area contributed by atoms with E-state index in [4.69, 9.17) is 0 Å². The fourth-order valence-corrected chi connectivity index (χ4v) is 3.42. The van der Waals surface area contributed by atoms with Gasteiger partial charge in [0.25, 0.3) is 0 Å². The molecule has 1 fully saturated rings. The van der Waals surface area contributed by atoms with Crippen molar-refractivity contribution in [2.75, 3.05) is 19.6 Å². The minimum atomic E-state index is 0.233. The number of rotatable bonds is 5. The summed E-state index contributed by atoms with van der Waals surface area (Å²) in [4.78, 5) is 2.69. The molecule has 1 aliphatic heterocycles. The van der Waals surface area contributed by atoms with Gasteiger partial charge in [0.05, 0.1) is 0 Å². The summed E-state index contributed by atoms with van der Waals surface area (Å²) in [6.07, 6.45) is 5.32. The zero-order valence-corrected chi connectivity index (χ0v) is 13.4. The zero-order valence-electron chi connectivity index (χ0n) is 12.6. The van der Waals surface area contributed by atoms with Crippen molar-refractivity contribution in [3.8, 4) is 0 Å². The van der Waals surface area contributed by atoms with Crippen LogP contribution in [-0.4, -0.2) is 36.1 Å². The van der Waals surface area contributed by atoms with Crippen LogP contribution in [0.2, 0.25) is 0 Å². The van der Waals surface area contributed by atoms with E-state index in [0.717, 1.165) is 12.6 Å². The van der Waals surface area contributed by atoms with Crippen LogP contribution in [0.25, 0.3) is 0 Å². The lowest BCUT2D eigenvalue weighted by Crippen LogP contribution is -2.50. The van der Waals surface area contributed by atoms with Crippen LogP contribution in [0.4, 0.5) is 0 Å². The third kappa shape index (κ3) is 5.25. The predicted molar refractivity (Wildman–Crippen MR) is 85.0 cm³/mol. The first-order valence-corrected chi connectivity index (χ1v) is 8.49. The van der Waals surface area contributed by atoms with Gasteiger partial charge in [-0.3, -0.25) is 4.90 Å². The molecule has 0 bridgehead atoms. The quantitative estimate of drug-likeness (QED) is 0.887. The van der Waals surface area contributed by atoms with Gasteiger partial charge in [0.2, 0.25) is 0 Å². The van der Waals surface area contributed by atoms with Crippen LogP contribution in [0.1, 0.15) is 45.6 Å². The Balaban J connectivity index is 1.81. The molecule has 1 N–H and O–H groups in total. The Morgan fingerprint density at radius 2 is 2.21 bits per heavy atom. The average Bonchev–Trinajstić information content (AvgIpc) is 2.87. The molecule has 1 aromatic heterocycles. The lowest BCUT2D eigenvalue weighted by Gasteiger charge is -2.37. The molecule has 1 aromatic rings. The smallest absolute Gasteiger partial charge is 0.0220 e. The molecule has 3 heteroatoms. The first-order chi connectivity index (χ1) is 9.04. The first kappa shape index (κ1) is 15.0. The van der Waals surface area contributed by atoms with Gasteiger partial charge in [0.1, 0.15) is 0 Å². The Morgan fingerprint density at radius 1 is 1.37 bits per heavy atom. The lowest BCUT2D eigenvalue weighted by molar-refractivity contribution is 0.140. The minimum Gasteiger partial charge on any atom is -0.311 e. The number of piperidine rings is 1. The zero-order chi connectivity index (χ0) is 13.7. The van der Waals surface area contributed by atoms with Crippen molar-refractivity contribution in [2.45, 2.75) is 58.0 Å².